The summed E-state index contributed by atoms with van der Waals surface area (Å²) >= 11 is 0. The maximum Gasteiger partial charge on any atom is 0.238 e. The Labute approximate surface area is 142 Å². The van der Waals surface area contributed by atoms with Gasteiger partial charge in [0, 0.05) is 18.7 Å². The highest BCUT2D eigenvalue weighted by molar-refractivity contribution is 7.89. The molecule has 2 aromatic rings. The standard InChI is InChI=1S/C17H21N3O3S/c18-24(22,23)16-8-6-14(7-9-16)10-12-19-13-11-17(21)20-15-4-2-1-3-5-15/h1-9,19H,10-13H2,(H,20,21)(H2,18,22,23). The SMILES string of the molecule is NS(=O)(=O)c1ccc(CCNCCC(=O)Nc2ccccc2)cc1. The van der Waals surface area contributed by atoms with Gasteiger partial charge in [-0.25, -0.2) is 13.6 Å². The fourth-order valence-electron chi connectivity index (χ4n) is 2.15. The summed E-state index contributed by atoms with van der Waals surface area (Å²) in [4.78, 5) is 11.9. The normalized spacial score (nSPS) is 11.2. The van der Waals surface area contributed by atoms with Crippen molar-refractivity contribution in [1.29, 1.82) is 0 Å². The molecule has 128 valence electrons. The van der Waals surface area contributed by atoms with Gasteiger partial charge >= 0.3 is 0 Å². The van der Waals surface area contributed by atoms with Gasteiger partial charge in [0.2, 0.25) is 15.9 Å². The molecule has 4 N–H and O–H groups in total. The van der Waals surface area contributed by atoms with E-state index in [4.69, 9.17) is 5.14 Å². The Balaban J connectivity index is 1.65. The van der Waals surface area contributed by atoms with Crippen molar-refractivity contribution in [1.82, 2.24) is 5.32 Å². The molecule has 0 aromatic heterocycles. The first-order chi connectivity index (χ1) is 11.4. The lowest BCUT2D eigenvalue weighted by Crippen LogP contribution is -2.23. The van der Waals surface area contributed by atoms with Crippen LogP contribution >= 0.6 is 0 Å². The number of anilines is 1. The summed E-state index contributed by atoms with van der Waals surface area (Å²) in [6.07, 6.45) is 1.13. The van der Waals surface area contributed by atoms with Gasteiger partial charge in [0.05, 0.1) is 4.90 Å². The zero-order valence-electron chi connectivity index (χ0n) is 13.2. The van der Waals surface area contributed by atoms with E-state index in [1.807, 2.05) is 30.3 Å². The minimum Gasteiger partial charge on any atom is -0.326 e. The smallest absolute Gasteiger partial charge is 0.238 e. The average molecular weight is 347 g/mol. The quantitative estimate of drug-likeness (QED) is 0.630. The number of carbonyl (C=O) groups excluding carboxylic acids is 1. The van der Waals surface area contributed by atoms with Gasteiger partial charge in [0.15, 0.2) is 0 Å². The summed E-state index contributed by atoms with van der Waals surface area (Å²) in [5.41, 5.74) is 1.79. The average Bonchev–Trinajstić information content (AvgIpc) is 2.55. The highest BCUT2D eigenvalue weighted by atomic mass is 32.2. The molecule has 0 bridgehead atoms. The van der Waals surface area contributed by atoms with Crippen LogP contribution in [0, 0.1) is 0 Å². The molecule has 1 amide bonds. The van der Waals surface area contributed by atoms with Gasteiger partial charge in [-0.2, -0.15) is 0 Å². The summed E-state index contributed by atoms with van der Waals surface area (Å²) in [6.45, 7) is 1.28. The van der Waals surface area contributed by atoms with Crippen LogP contribution < -0.4 is 15.8 Å². The molecule has 0 spiro atoms. The highest BCUT2D eigenvalue weighted by Gasteiger charge is 2.06. The lowest BCUT2D eigenvalue weighted by Gasteiger charge is -2.07. The molecule has 24 heavy (non-hydrogen) atoms. The van der Waals surface area contributed by atoms with Gasteiger partial charge in [-0.05, 0) is 42.8 Å². The number of hydrogen-bond donors (Lipinski definition) is 3. The Morgan fingerprint density at radius 1 is 0.958 bits per heavy atom. The number of para-hydroxylation sites is 1. The molecule has 2 rings (SSSR count). The first-order valence-corrected chi connectivity index (χ1v) is 9.17. The first-order valence-electron chi connectivity index (χ1n) is 7.62. The van der Waals surface area contributed by atoms with E-state index >= 15 is 0 Å². The number of carbonyl (C=O) groups is 1. The van der Waals surface area contributed by atoms with Crippen LogP contribution in [-0.2, 0) is 21.2 Å². The monoisotopic (exact) mass is 347 g/mol. The number of sulfonamides is 1. The Morgan fingerprint density at radius 2 is 1.62 bits per heavy atom. The summed E-state index contributed by atoms with van der Waals surface area (Å²) < 4.78 is 22.3. The topological polar surface area (TPSA) is 101 Å². The second kappa shape index (κ2) is 8.58. The molecular weight excluding hydrogens is 326 g/mol. The molecule has 0 heterocycles. The first kappa shape index (κ1) is 18.1. The fourth-order valence-corrected chi connectivity index (χ4v) is 2.67. The maximum atomic E-state index is 11.8. The lowest BCUT2D eigenvalue weighted by molar-refractivity contribution is -0.116. The molecule has 0 aliphatic heterocycles. The third kappa shape index (κ3) is 6.11. The van der Waals surface area contributed by atoms with Crippen LogP contribution in [0.5, 0.6) is 0 Å². The van der Waals surface area contributed by atoms with E-state index < -0.39 is 10.0 Å². The number of nitrogens with one attached hydrogen (secondary N) is 2. The van der Waals surface area contributed by atoms with Crippen LogP contribution in [0.3, 0.4) is 0 Å². The van der Waals surface area contributed by atoms with Crippen LogP contribution in [0.25, 0.3) is 0 Å². The van der Waals surface area contributed by atoms with E-state index in [9.17, 15) is 13.2 Å². The zero-order valence-corrected chi connectivity index (χ0v) is 14.1. The Bertz CT molecular complexity index is 759. The third-order valence-corrected chi connectivity index (χ3v) is 4.36. The molecule has 7 heteroatoms. The number of amides is 1. The molecular formula is C17H21N3O3S. The van der Waals surface area contributed by atoms with E-state index in [0.717, 1.165) is 17.7 Å². The van der Waals surface area contributed by atoms with Gasteiger partial charge in [0.1, 0.15) is 0 Å². The molecule has 2 aromatic carbocycles. The summed E-state index contributed by atoms with van der Waals surface area (Å²) in [6, 6.07) is 15.8. The predicted octanol–water partition coefficient (Wildman–Crippen LogP) is 1.49. The zero-order chi connectivity index (χ0) is 17.4. The van der Waals surface area contributed by atoms with E-state index in [-0.39, 0.29) is 10.8 Å². The van der Waals surface area contributed by atoms with Gasteiger partial charge in [-0.1, -0.05) is 30.3 Å². The fraction of sp³-hybridized carbons (Fsp3) is 0.235. The molecule has 0 unspecified atom stereocenters. The predicted molar refractivity (Wildman–Crippen MR) is 94.1 cm³/mol. The number of hydrogen-bond acceptors (Lipinski definition) is 4. The van der Waals surface area contributed by atoms with E-state index in [1.54, 1.807) is 12.1 Å². The lowest BCUT2D eigenvalue weighted by atomic mass is 10.1. The summed E-state index contributed by atoms with van der Waals surface area (Å²) in [5, 5.41) is 11.1. The van der Waals surface area contributed by atoms with Crippen LogP contribution in [0.1, 0.15) is 12.0 Å². The van der Waals surface area contributed by atoms with E-state index in [0.29, 0.717) is 19.5 Å². The van der Waals surface area contributed by atoms with Crippen molar-refractivity contribution >= 4 is 21.6 Å². The number of nitrogens with two attached hydrogens (primary N) is 1. The molecule has 0 radical (unpaired) electrons. The van der Waals surface area contributed by atoms with Crippen molar-refractivity contribution in [3.05, 3.63) is 60.2 Å². The van der Waals surface area contributed by atoms with Gasteiger partial charge in [-0.15, -0.1) is 0 Å². The molecule has 0 aliphatic rings. The van der Waals surface area contributed by atoms with Gasteiger partial charge in [0.25, 0.3) is 0 Å². The number of primary sulfonamides is 1. The number of benzene rings is 2. The second-order valence-electron chi connectivity index (χ2n) is 5.35. The molecule has 6 nitrogen and oxygen atoms in total. The third-order valence-electron chi connectivity index (χ3n) is 3.43. The van der Waals surface area contributed by atoms with Gasteiger partial charge in [-0.3, -0.25) is 4.79 Å². The minimum absolute atomic E-state index is 0.0359. The Kier molecular flexibility index (Phi) is 6.48. The molecule has 0 saturated heterocycles. The Hall–Kier alpha value is -2.22. The van der Waals surface area contributed by atoms with Crippen molar-refractivity contribution < 1.29 is 13.2 Å². The maximum absolute atomic E-state index is 11.8. The van der Waals surface area contributed by atoms with Crippen LogP contribution in [0.2, 0.25) is 0 Å². The molecule has 0 atom stereocenters. The van der Waals surface area contributed by atoms with E-state index in [2.05, 4.69) is 10.6 Å². The Morgan fingerprint density at radius 3 is 2.25 bits per heavy atom. The second-order valence-corrected chi connectivity index (χ2v) is 6.91. The van der Waals surface area contributed by atoms with Crippen molar-refractivity contribution in [2.75, 3.05) is 18.4 Å². The van der Waals surface area contributed by atoms with Gasteiger partial charge < -0.3 is 10.6 Å². The van der Waals surface area contributed by atoms with Crippen LogP contribution in [0.4, 0.5) is 5.69 Å². The number of rotatable bonds is 8. The molecule has 0 aliphatic carbocycles. The summed E-state index contributed by atoms with van der Waals surface area (Å²) in [7, 11) is -3.64. The van der Waals surface area contributed by atoms with Crippen LogP contribution in [-0.4, -0.2) is 27.4 Å². The highest BCUT2D eigenvalue weighted by Crippen LogP contribution is 2.09. The molecule has 0 fully saturated rings. The van der Waals surface area contributed by atoms with Crippen molar-refractivity contribution in [3.8, 4) is 0 Å². The molecule has 0 saturated carbocycles. The van der Waals surface area contributed by atoms with Crippen molar-refractivity contribution in [2.45, 2.75) is 17.7 Å². The van der Waals surface area contributed by atoms with Crippen molar-refractivity contribution in [2.24, 2.45) is 5.14 Å². The minimum atomic E-state index is -3.64. The van der Waals surface area contributed by atoms with Crippen molar-refractivity contribution in [3.63, 3.8) is 0 Å². The summed E-state index contributed by atoms with van der Waals surface area (Å²) in [5.74, 6) is -0.0359. The largest absolute Gasteiger partial charge is 0.326 e. The van der Waals surface area contributed by atoms with Crippen LogP contribution in [0.15, 0.2) is 59.5 Å². The van der Waals surface area contributed by atoms with E-state index in [1.165, 1.54) is 12.1 Å².